The van der Waals surface area contributed by atoms with Gasteiger partial charge in [0.1, 0.15) is 0 Å². The number of rotatable bonds is 5. The smallest absolute Gasteiger partial charge is 0.332 e. The summed E-state index contributed by atoms with van der Waals surface area (Å²) < 4.78 is 33.8. The minimum Gasteiger partial charge on any atom is -0.466 e. The van der Waals surface area contributed by atoms with Gasteiger partial charge in [0.25, 0.3) is 10.1 Å². The van der Waals surface area contributed by atoms with E-state index in [2.05, 4.69) is 23.2 Å². The van der Waals surface area contributed by atoms with Crippen LogP contribution in [0.5, 0.6) is 0 Å². The van der Waals surface area contributed by atoms with Crippen LogP contribution in [0.25, 0.3) is 0 Å². The number of hydrogen-bond donors (Lipinski definition) is 2. The number of nitrogens with one attached hydrogen (secondary N) is 1. The molecule has 2 N–H and O–H groups in total. The Bertz CT molecular complexity index is 484. The molecule has 0 aliphatic heterocycles. The van der Waals surface area contributed by atoms with E-state index in [-0.39, 0.29) is 35.5 Å². The number of carbonyl (C=O) groups is 2. The fraction of sp³-hybridized carbons (Fsp3) is 0.500. The number of carbonyl (C=O) groups excluding carboxylic acids is 2. The summed E-state index contributed by atoms with van der Waals surface area (Å²) in [6, 6.07) is 0. The van der Waals surface area contributed by atoms with Gasteiger partial charge in [-0.1, -0.05) is 13.2 Å². The average molecular weight is 330 g/mol. The summed E-state index contributed by atoms with van der Waals surface area (Å²) in [6.45, 7) is 11.1. The predicted molar refractivity (Wildman–Crippen MR) is 81.4 cm³/mol. The molecule has 1 radical (unpaired) electrons. The molecule has 0 unspecified atom stereocenters. The van der Waals surface area contributed by atoms with E-state index in [1.165, 1.54) is 21.0 Å². The van der Waals surface area contributed by atoms with Crippen LogP contribution >= 0.6 is 0 Å². The van der Waals surface area contributed by atoms with Crippen LogP contribution in [0.1, 0.15) is 20.8 Å². The molecule has 0 aromatic carbocycles. The molecule has 9 heteroatoms. The van der Waals surface area contributed by atoms with Crippen LogP contribution in [0.2, 0.25) is 0 Å². The molecular formula is C12H21NNaO6S. The largest absolute Gasteiger partial charge is 0.466 e. The third-order valence-corrected chi connectivity index (χ3v) is 2.81. The van der Waals surface area contributed by atoms with Crippen LogP contribution in [-0.2, 0) is 24.4 Å². The van der Waals surface area contributed by atoms with E-state index in [9.17, 15) is 18.0 Å². The van der Waals surface area contributed by atoms with Crippen molar-refractivity contribution in [3.05, 3.63) is 24.8 Å². The summed E-state index contributed by atoms with van der Waals surface area (Å²) in [5, 5.41) is 2.37. The van der Waals surface area contributed by atoms with Gasteiger partial charge in [0.05, 0.1) is 18.4 Å². The summed E-state index contributed by atoms with van der Waals surface area (Å²) in [7, 11) is -2.75. The van der Waals surface area contributed by atoms with Crippen molar-refractivity contribution in [1.82, 2.24) is 5.32 Å². The second-order valence-corrected chi connectivity index (χ2v) is 6.03. The Hall–Kier alpha value is -0.670. The van der Waals surface area contributed by atoms with Gasteiger partial charge in [0.2, 0.25) is 5.91 Å². The minimum atomic E-state index is -4.08. The van der Waals surface area contributed by atoms with Crippen LogP contribution in [0.4, 0.5) is 0 Å². The molecule has 0 heterocycles. The first-order valence-electron chi connectivity index (χ1n) is 5.48. The number of amides is 1. The molecule has 0 bridgehead atoms. The Morgan fingerprint density at radius 1 is 1.38 bits per heavy atom. The maximum Gasteiger partial charge on any atom is 0.332 e. The zero-order valence-corrected chi connectivity index (χ0v) is 15.9. The predicted octanol–water partition coefficient (Wildman–Crippen LogP) is 0.310. The van der Waals surface area contributed by atoms with Gasteiger partial charge >= 0.3 is 5.97 Å². The standard InChI is InChI=1S/C7H13NO4S.C5H8O2.Na/c1-4-6(9)8-7(2,3)5-13(10,11)12;1-4(2)5(6)7-3;/h4H,1,5H2,2-3H3,(H,8,9)(H,10,11,12);1H2,2-3H3;. The molecule has 0 saturated heterocycles. The monoisotopic (exact) mass is 330 g/mol. The summed E-state index contributed by atoms with van der Waals surface area (Å²) in [4.78, 5) is 21.0. The van der Waals surface area contributed by atoms with Gasteiger partial charge in [-0.2, -0.15) is 8.42 Å². The maximum absolute atomic E-state index is 10.8. The molecule has 21 heavy (non-hydrogen) atoms. The van der Waals surface area contributed by atoms with Crippen molar-refractivity contribution in [3.63, 3.8) is 0 Å². The van der Waals surface area contributed by atoms with E-state index in [1.807, 2.05) is 0 Å². The first-order valence-corrected chi connectivity index (χ1v) is 7.09. The maximum atomic E-state index is 10.8. The zero-order chi connectivity index (χ0) is 16.6. The second-order valence-electron chi connectivity index (χ2n) is 4.58. The number of hydrogen-bond acceptors (Lipinski definition) is 5. The Morgan fingerprint density at radius 3 is 2.00 bits per heavy atom. The first-order chi connectivity index (χ1) is 8.84. The van der Waals surface area contributed by atoms with E-state index in [4.69, 9.17) is 4.55 Å². The number of methoxy groups -OCH3 is 1. The molecule has 7 nitrogen and oxygen atoms in total. The first kappa shape index (κ1) is 25.3. The summed E-state index contributed by atoms with van der Waals surface area (Å²) in [5.74, 6) is -1.35. The summed E-state index contributed by atoms with van der Waals surface area (Å²) >= 11 is 0. The molecule has 0 aromatic heterocycles. The van der Waals surface area contributed by atoms with E-state index < -0.39 is 27.3 Å². The molecule has 0 fully saturated rings. The molecule has 117 valence electrons. The van der Waals surface area contributed by atoms with Crippen molar-refractivity contribution >= 4 is 51.6 Å². The Morgan fingerprint density at radius 2 is 1.81 bits per heavy atom. The van der Waals surface area contributed by atoms with Gasteiger partial charge in [0, 0.05) is 35.1 Å². The van der Waals surface area contributed by atoms with Crippen molar-refractivity contribution in [2.75, 3.05) is 12.9 Å². The van der Waals surface area contributed by atoms with E-state index in [1.54, 1.807) is 6.92 Å². The van der Waals surface area contributed by atoms with Crippen molar-refractivity contribution in [2.24, 2.45) is 0 Å². The molecule has 0 spiro atoms. The van der Waals surface area contributed by atoms with Crippen molar-refractivity contribution < 1.29 is 27.3 Å². The molecule has 0 aromatic rings. The Kier molecular flexibility index (Phi) is 13.2. The topological polar surface area (TPSA) is 110 Å². The van der Waals surface area contributed by atoms with Crippen LogP contribution in [-0.4, -0.2) is 72.8 Å². The Labute approximate surface area is 147 Å². The third kappa shape index (κ3) is 17.3. The number of ether oxygens (including phenoxy) is 1. The third-order valence-electron chi connectivity index (χ3n) is 1.72. The molecular weight excluding hydrogens is 309 g/mol. The zero-order valence-electron chi connectivity index (χ0n) is 13.1. The minimum absolute atomic E-state index is 0. The molecule has 0 saturated carbocycles. The van der Waals surface area contributed by atoms with Crippen LogP contribution in [0.3, 0.4) is 0 Å². The Balaban J connectivity index is -0.000000347. The van der Waals surface area contributed by atoms with Crippen molar-refractivity contribution in [1.29, 1.82) is 0 Å². The molecule has 0 atom stereocenters. The summed E-state index contributed by atoms with van der Waals surface area (Å²) in [6.07, 6.45) is 1.03. The molecule has 0 rings (SSSR count). The van der Waals surface area contributed by atoms with E-state index in [0.717, 1.165) is 6.08 Å². The van der Waals surface area contributed by atoms with Gasteiger partial charge in [-0.3, -0.25) is 9.35 Å². The fourth-order valence-electron chi connectivity index (χ4n) is 1.05. The van der Waals surface area contributed by atoms with Gasteiger partial charge < -0.3 is 10.1 Å². The normalized spacial score (nSPS) is 10.1. The van der Waals surface area contributed by atoms with Gasteiger partial charge in [0.15, 0.2) is 0 Å². The van der Waals surface area contributed by atoms with Gasteiger partial charge in [-0.05, 0) is 26.8 Å². The summed E-state index contributed by atoms with van der Waals surface area (Å²) in [5.41, 5.74) is -0.568. The van der Waals surface area contributed by atoms with Crippen LogP contribution < -0.4 is 5.32 Å². The van der Waals surface area contributed by atoms with Gasteiger partial charge in [-0.25, -0.2) is 4.79 Å². The second kappa shape index (κ2) is 11.0. The van der Waals surface area contributed by atoms with Crippen molar-refractivity contribution in [3.8, 4) is 0 Å². The average Bonchev–Trinajstić information content (AvgIpc) is 2.24. The van der Waals surface area contributed by atoms with Crippen molar-refractivity contribution in [2.45, 2.75) is 26.3 Å². The van der Waals surface area contributed by atoms with E-state index >= 15 is 0 Å². The quantitative estimate of drug-likeness (QED) is 0.325. The fourth-order valence-corrected chi connectivity index (χ4v) is 2.04. The molecule has 0 aliphatic carbocycles. The van der Waals surface area contributed by atoms with Crippen LogP contribution in [0.15, 0.2) is 24.8 Å². The van der Waals surface area contributed by atoms with Crippen LogP contribution in [0, 0.1) is 0 Å². The van der Waals surface area contributed by atoms with Gasteiger partial charge in [-0.15, -0.1) is 0 Å². The van der Waals surface area contributed by atoms with E-state index in [0.29, 0.717) is 5.57 Å². The molecule has 0 aliphatic rings. The SMILES string of the molecule is C=C(C)C(=O)OC.C=CC(=O)NC(C)(C)CS(=O)(=O)O.[Na]. The molecule has 1 amide bonds. The number of esters is 1.